The predicted octanol–water partition coefficient (Wildman–Crippen LogP) is 2.27. The quantitative estimate of drug-likeness (QED) is 0.648. The van der Waals surface area contributed by atoms with Crippen LogP contribution in [0.2, 0.25) is 0 Å². The highest BCUT2D eigenvalue weighted by atomic mass is 19.3. The SMILES string of the molecule is NC1=NC(c2nccc(C(F)F)n2)(C2CC(F)(F)C2)NC(=NC2CC(F)(F)C2)N1. The van der Waals surface area contributed by atoms with Gasteiger partial charge in [-0.15, -0.1) is 0 Å². The maximum atomic E-state index is 13.6. The van der Waals surface area contributed by atoms with Gasteiger partial charge >= 0.3 is 0 Å². The maximum absolute atomic E-state index is 13.6. The summed E-state index contributed by atoms with van der Waals surface area (Å²) >= 11 is 0. The fourth-order valence-electron chi connectivity index (χ4n) is 3.66. The van der Waals surface area contributed by atoms with Gasteiger partial charge in [0.15, 0.2) is 17.4 Å². The van der Waals surface area contributed by atoms with Gasteiger partial charge in [-0.1, -0.05) is 0 Å². The van der Waals surface area contributed by atoms with E-state index < -0.39 is 67.3 Å². The van der Waals surface area contributed by atoms with Gasteiger partial charge in [0.05, 0.1) is 6.04 Å². The van der Waals surface area contributed by atoms with E-state index in [1.165, 1.54) is 0 Å². The number of nitrogens with two attached hydrogens (primary N) is 1. The van der Waals surface area contributed by atoms with E-state index in [-0.39, 0.29) is 17.7 Å². The third kappa shape index (κ3) is 3.69. The minimum Gasteiger partial charge on any atom is -0.370 e. The van der Waals surface area contributed by atoms with E-state index in [1.807, 2.05) is 0 Å². The second-order valence-corrected chi connectivity index (χ2v) is 7.48. The van der Waals surface area contributed by atoms with E-state index in [4.69, 9.17) is 5.73 Å². The van der Waals surface area contributed by atoms with Crippen molar-refractivity contribution in [3.8, 4) is 0 Å². The summed E-state index contributed by atoms with van der Waals surface area (Å²) in [5.41, 5.74) is 3.41. The number of halogens is 6. The highest BCUT2D eigenvalue weighted by Crippen LogP contribution is 2.51. The number of hydrogen-bond donors (Lipinski definition) is 3. The molecule has 1 aromatic heterocycles. The van der Waals surface area contributed by atoms with Crippen LogP contribution in [-0.2, 0) is 5.66 Å². The Labute approximate surface area is 160 Å². The molecule has 1 aliphatic heterocycles. The van der Waals surface area contributed by atoms with Crippen molar-refractivity contribution in [1.29, 1.82) is 0 Å². The van der Waals surface area contributed by atoms with Crippen molar-refractivity contribution in [2.75, 3.05) is 0 Å². The molecule has 2 aliphatic carbocycles. The molecule has 158 valence electrons. The van der Waals surface area contributed by atoms with E-state index in [2.05, 4.69) is 30.6 Å². The van der Waals surface area contributed by atoms with E-state index >= 15 is 0 Å². The lowest BCUT2D eigenvalue weighted by molar-refractivity contribution is -0.135. The first-order valence-electron chi connectivity index (χ1n) is 8.84. The van der Waals surface area contributed by atoms with Crippen LogP contribution in [0.3, 0.4) is 0 Å². The van der Waals surface area contributed by atoms with Crippen LogP contribution in [0.15, 0.2) is 22.2 Å². The number of guanidine groups is 2. The fraction of sp³-hybridized carbons (Fsp3) is 0.625. The summed E-state index contributed by atoms with van der Waals surface area (Å²) in [5, 5.41) is 5.33. The van der Waals surface area contributed by atoms with E-state index in [1.54, 1.807) is 0 Å². The summed E-state index contributed by atoms with van der Waals surface area (Å²) in [6.45, 7) is 0. The maximum Gasteiger partial charge on any atom is 0.280 e. The smallest absolute Gasteiger partial charge is 0.280 e. The molecule has 1 atom stereocenters. The van der Waals surface area contributed by atoms with Crippen molar-refractivity contribution >= 4 is 11.9 Å². The molecular formula is C16H17F6N7. The Morgan fingerprint density at radius 1 is 1.10 bits per heavy atom. The van der Waals surface area contributed by atoms with Crippen LogP contribution < -0.4 is 16.4 Å². The number of nitrogens with zero attached hydrogens (tertiary/aromatic N) is 4. The van der Waals surface area contributed by atoms with Crippen LogP contribution in [0.5, 0.6) is 0 Å². The highest BCUT2D eigenvalue weighted by Gasteiger charge is 2.59. The summed E-state index contributed by atoms with van der Waals surface area (Å²) in [6.07, 6.45) is -3.99. The average Bonchev–Trinajstić information content (AvgIpc) is 2.57. The van der Waals surface area contributed by atoms with Gasteiger partial charge in [-0.25, -0.2) is 46.3 Å². The van der Waals surface area contributed by atoms with Gasteiger partial charge in [-0.2, -0.15) is 0 Å². The standard InChI is InChI=1S/C16H17F6N7/c17-10(18)9-1-2-24-11(26-9)16(7-3-14(19,20)4-7)28-12(23)27-13(29-16)25-8-5-15(21,22)6-8/h1-2,7-8,10H,3-6H2,(H4,23,25,27,28,29). The van der Waals surface area contributed by atoms with Crippen molar-refractivity contribution in [3.05, 3.63) is 23.8 Å². The van der Waals surface area contributed by atoms with Crippen molar-refractivity contribution in [3.63, 3.8) is 0 Å². The Morgan fingerprint density at radius 3 is 2.34 bits per heavy atom. The van der Waals surface area contributed by atoms with Gasteiger partial charge in [-0.3, -0.25) is 5.32 Å². The molecule has 29 heavy (non-hydrogen) atoms. The highest BCUT2D eigenvalue weighted by molar-refractivity contribution is 6.00. The third-order valence-corrected chi connectivity index (χ3v) is 5.15. The van der Waals surface area contributed by atoms with Crippen LogP contribution >= 0.6 is 0 Å². The lowest BCUT2D eigenvalue weighted by Crippen LogP contribution is -2.65. The Morgan fingerprint density at radius 2 is 1.76 bits per heavy atom. The van der Waals surface area contributed by atoms with Crippen LogP contribution in [-0.4, -0.2) is 39.8 Å². The molecule has 2 heterocycles. The van der Waals surface area contributed by atoms with Gasteiger partial charge in [0, 0.05) is 37.8 Å². The predicted molar refractivity (Wildman–Crippen MR) is 89.6 cm³/mol. The van der Waals surface area contributed by atoms with Gasteiger partial charge in [0.1, 0.15) is 5.69 Å². The monoisotopic (exact) mass is 421 g/mol. The molecule has 1 unspecified atom stereocenters. The molecular weight excluding hydrogens is 404 g/mol. The van der Waals surface area contributed by atoms with E-state index in [9.17, 15) is 26.3 Å². The zero-order chi connectivity index (χ0) is 21.0. The lowest BCUT2D eigenvalue weighted by atomic mass is 9.72. The number of rotatable bonds is 4. The average molecular weight is 421 g/mol. The minimum atomic E-state index is -2.96. The summed E-state index contributed by atoms with van der Waals surface area (Å²) in [4.78, 5) is 16.0. The molecule has 3 aliphatic rings. The first-order valence-corrected chi connectivity index (χ1v) is 8.84. The Hall–Kier alpha value is -2.60. The molecule has 0 radical (unpaired) electrons. The van der Waals surface area contributed by atoms with E-state index in [0.29, 0.717) is 0 Å². The van der Waals surface area contributed by atoms with Crippen LogP contribution in [0.1, 0.15) is 43.6 Å². The number of alkyl halides is 6. The van der Waals surface area contributed by atoms with E-state index in [0.717, 1.165) is 12.3 Å². The number of aromatic nitrogens is 2. The molecule has 4 rings (SSSR count). The largest absolute Gasteiger partial charge is 0.370 e. The Kier molecular flexibility index (Phi) is 4.39. The summed E-state index contributed by atoms with van der Waals surface area (Å²) in [7, 11) is 0. The fourth-order valence-corrected chi connectivity index (χ4v) is 3.66. The zero-order valence-electron chi connectivity index (χ0n) is 14.8. The van der Waals surface area contributed by atoms with Gasteiger partial charge in [0.25, 0.3) is 12.3 Å². The van der Waals surface area contributed by atoms with Crippen molar-refractivity contribution in [1.82, 2.24) is 20.6 Å². The Bertz CT molecular complexity index is 857. The summed E-state index contributed by atoms with van der Waals surface area (Å²) < 4.78 is 79.6. The zero-order valence-corrected chi connectivity index (χ0v) is 14.8. The second-order valence-electron chi connectivity index (χ2n) is 7.48. The lowest BCUT2D eigenvalue weighted by Gasteiger charge is -2.47. The molecule has 4 N–H and O–H groups in total. The van der Waals surface area contributed by atoms with Gasteiger partial charge < -0.3 is 11.1 Å². The molecule has 2 fully saturated rings. The summed E-state index contributed by atoms with van der Waals surface area (Å²) in [6, 6.07) is 0.288. The van der Waals surface area contributed by atoms with Crippen LogP contribution in [0.25, 0.3) is 0 Å². The first-order chi connectivity index (χ1) is 13.5. The van der Waals surface area contributed by atoms with Crippen molar-refractivity contribution in [2.45, 2.75) is 55.7 Å². The number of hydrogen-bond acceptors (Lipinski definition) is 5. The topological polar surface area (TPSA) is 101 Å². The molecule has 1 aromatic rings. The van der Waals surface area contributed by atoms with Crippen LogP contribution in [0, 0.1) is 5.92 Å². The molecule has 7 nitrogen and oxygen atoms in total. The number of aliphatic imine (C=N–C) groups is 2. The number of nitrogens with one attached hydrogen (secondary N) is 2. The second kappa shape index (κ2) is 6.46. The molecule has 0 spiro atoms. The Balaban J connectivity index is 1.71. The summed E-state index contributed by atoms with van der Waals surface area (Å²) in [5.74, 6) is -7.23. The minimum absolute atomic E-state index is 0.0701. The normalized spacial score (nSPS) is 30.2. The molecule has 13 heteroatoms. The molecule has 0 saturated heterocycles. The first kappa shape index (κ1) is 19.7. The molecule has 2 saturated carbocycles. The van der Waals surface area contributed by atoms with Gasteiger partial charge in [-0.05, 0) is 6.07 Å². The molecule has 0 bridgehead atoms. The van der Waals surface area contributed by atoms with Crippen molar-refractivity contribution < 1.29 is 26.3 Å². The third-order valence-electron chi connectivity index (χ3n) is 5.15. The molecule has 0 aromatic carbocycles. The molecule has 0 amide bonds. The van der Waals surface area contributed by atoms with Crippen LogP contribution in [0.4, 0.5) is 26.3 Å². The van der Waals surface area contributed by atoms with Crippen molar-refractivity contribution in [2.24, 2.45) is 21.6 Å². The van der Waals surface area contributed by atoms with Gasteiger partial charge in [0.2, 0.25) is 11.9 Å².